The fraction of sp³-hybridized carbons (Fsp3) is 0.462. The standard InChI is InChI=1S/C26H37N3O5S/c1-20(25(31)27-26(2,3)4)28(19-21-13-8-7-9-14-21)24(30)17-12-18-29(35(6,32)33)22-15-10-11-16-23(22)34-5/h7-11,13-16,20H,12,17-19H2,1-6H3,(H,27,31)/t20-/m1/s1. The lowest BCUT2D eigenvalue weighted by atomic mass is 10.1. The molecule has 0 radical (unpaired) electrons. The predicted molar refractivity (Wildman–Crippen MR) is 139 cm³/mol. The van der Waals surface area contributed by atoms with Crippen LogP contribution in [0.15, 0.2) is 54.6 Å². The first kappa shape index (κ1) is 28.2. The zero-order chi connectivity index (χ0) is 26.2. The molecule has 0 spiro atoms. The molecule has 0 saturated carbocycles. The van der Waals surface area contributed by atoms with Gasteiger partial charge in [0.05, 0.1) is 19.1 Å². The Balaban J connectivity index is 2.19. The normalized spacial score (nSPS) is 12.5. The van der Waals surface area contributed by atoms with Crippen molar-refractivity contribution in [2.75, 3.05) is 24.2 Å². The fourth-order valence-corrected chi connectivity index (χ4v) is 4.62. The van der Waals surface area contributed by atoms with Gasteiger partial charge in [-0.15, -0.1) is 0 Å². The van der Waals surface area contributed by atoms with Crippen LogP contribution < -0.4 is 14.4 Å². The minimum Gasteiger partial charge on any atom is -0.495 e. The average Bonchev–Trinajstić information content (AvgIpc) is 2.78. The van der Waals surface area contributed by atoms with Crippen LogP contribution in [0.4, 0.5) is 5.69 Å². The molecule has 0 bridgehead atoms. The summed E-state index contributed by atoms with van der Waals surface area (Å²) in [5.41, 5.74) is 0.893. The number of sulfonamides is 1. The first-order chi connectivity index (χ1) is 16.3. The van der Waals surface area contributed by atoms with Crippen molar-refractivity contribution in [3.8, 4) is 5.75 Å². The molecule has 2 rings (SSSR count). The Hall–Kier alpha value is -3.07. The van der Waals surface area contributed by atoms with Crippen molar-refractivity contribution < 1.29 is 22.7 Å². The first-order valence-electron chi connectivity index (χ1n) is 11.6. The van der Waals surface area contributed by atoms with Gasteiger partial charge in [0, 0.05) is 25.0 Å². The Morgan fingerprint density at radius 1 is 1.03 bits per heavy atom. The number of hydrogen-bond acceptors (Lipinski definition) is 5. The maximum Gasteiger partial charge on any atom is 0.242 e. The van der Waals surface area contributed by atoms with Crippen LogP contribution in [0.25, 0.3) is 0 Å². The van der Waals surface area contributed by atoms with E-state index in [2.05, 4.69) is 5.32 Å². The number of nitrogens with one attached hydrogen (secondary N) is 1. The second kappa shape index (κ2) is 12.1. The Kier molecular flexibility index (Phi) is 9.71. The molecule has 9 heteroatoms. The van der Waals surface area contributed by atoms with E-state index in [0.29, 0.717) is 11.4 Å². The zero-order valence-electron chi connectivity index (χ0n) is 21.4. The van der Waals surface area contributed by atoms with Gasteiger partial charge < -0.3 is 15.0 Å². The van der Waals surface area contributed by atoms with Crippen LogP contribution in [0, 0.1) is 0 Å². The topological polar surface area (TPSA) is 96.0 Å². The largest absolute Gasteiger partial charge is 0.495 e. The lowest BCUT2D eigenvalue weighted by Crippen LogP contribution is -2.52. The van der Waals surface area contributed by atoms with Crippen LogP contribution in [-0.4, -0.2) is 56.6 Å². The van der Waals surface area contributed by atoms with Crippen molar-refractivity contribution in [2.24, 2.45) is 0 Å². The van der Waals surface area contributed by atoms with Gasteiger partial charge in [-0.25, -0.2) is 8.42 Å². The molecule has 8 nitrogen and oxygen atoms in total. The van der Waals surface area contributed by atoms with E-state index in [4.69, 9.17) is 4.74 Å². The summed E-state index contributed by atoms with van der Waals surface area (Å²) in [6, 6.07) is 15.6. The first-order valence-corrected chi connectivity index (χ1v) is 13.4. The number of rotatable bonds is 11. The summed E-state index contributed by atoms with van der Waals surface area (Å²) in [6.07, 6.45) is 1.49. The number of nitrogens with zero attached hydrogens (tertiary/aromatic N) is 2. The number of methoxy groups -OCH3 is 1. The molecular formula is C26H37N3O5S. The molecule has 0 aliphatic heterocycles. The number of para-hydroxylation sites is 2. The summed E-state index contributed by atoms with van der Waals surface area (Å²) in [5.74, 6) is -0.0325. The molecule has 0 unspecified atom stereocenters. The molecule has 2 aromatic rings. The van der Waals surface area contributed by atoms with Crippen molar-refractivity contribution >= 4 is 27.5 Å². The van der Waals surface area contributed by atoms with E-state index in [-0.39, 0.29) is 37.7 Å². The SMILES string of the molecule is COc1ccccc1N(CCCC(=O)N(Cc1ccccc1)[C@H](C)C(=O)NC(C)(C)C)S(C)(=O)=O. The number of anilines is 1. The maximum atomic E-state index is 13.3. The van der Waals surface area contributed by atoms with Gasteiger partial charge in [0.1, 0.15) is 11.8 Å². The molecule has 2 aromatic carbocycles. The lowest BCUT2D eigenvalue weighted by molar-refractivity contribution is -0.141. The third-order valence-electron chi connectivity index (χ3n) is 5.37. The van der Waals surface area contributed by atoms with Crippen LogP contribution in [0.1, 0.15) is 46.1 Å². The number of carbonyl (C=O) groups is 2. The van der Waals surface area contributed by atoms with E-state index >= 15 is 0 Å². The van der Waals surface area contributed by atoms with E-state index in [1.54, 1.807) is 36.1 Å². The quantitative estimate of drug-likeness (QED) is 0.506. The van der Waals surface area contributed by atoms with Gasteiger partial charge in [0.25, 0.3) is 0 Å². The summed E-state index contributed by atoms with van der Waals surface area (Å²) in [5, 5.41) is 2.93. The number of benzene rings is 2. The van der Waals surface area contributed by atoms with E-state index in [1.807, 2.05) is 51.1 Å². The summed E-state index contributed by atoms with van der Waals surface area (Å²) in [7, 11) is -2.12. The molecular weight excluding hydrogens is 466 g/mol. The molecule has 1 N–H and O–H groups in total. The molecule has 35 heavy (non-hydrogen) atoms. The van der Waals surface area contributed by atoms with Gasteiger partial charge in [-0.2, -0.15) is 0 Å². The van der Waals surface area contributed by atoms with Crippen molar-refractivity contribution in [1.29, 1.82) is 0 Å². The number of amides is 2. The van der Waals surface area contributed by atoms with Crippen molar-refractivity contribution in [3.63, 3.8) is 0 Å². The van der Waals surface area contributed by atoms with Crippen molar-refractivity contribution in [1.82, 2.24) is 10.2 Å². The van der Waals surface area contributed by atoms with Crippen LogP contribution >= 0.6 is 0 Å². The van der Waals surface area contributed by atoms with E-state index in [9.17, 15) is 18.0 Å². The number of ether oxygens (including phenoxy) is 1. The third kappa shape index (κ3) is 8.58. The van der Waals surface area contributed by atoms with E-state index in [0.717, 1.165) is 11.8 Å². The van der Waals surface area contributed by atoms with Gasteiger partial charge >= 0.3 is 0 Å². The summed E-state index contributed by atoms with van der Waals surface area (Å²) in [4.78, 5) is 27.7. The van der Waals surface area contributed by atoms with E-state index in [1.165, 1.54) is 11.4 Å². The predicted octanol–water partition coefficient (Wildman–Crippen LogP) is 3.57. The summed E-state index contributed by atoms with van der Waals surface area (Å²) < 4.78 is 31.6. The summed E-state index contributed by atoms with van der Waals surface area (Å²) in [6.45, 7) is 7.75. The Morgan fingerprint density at radius 3 is 2.20 bits per heavy atom. The monoisotopic (exact) mass is 503 g/mol. The highest BCUT2D eigenvalue weighted by atomic mass is 32.2. The lowest BCUT2D eigenvalue weighted by Gasteiger charge is -2.32. The van der Waals surface area contributed by atoms with Crippen molar-refractivity contribution in [3.05, 3.63) is 60.2 Å². The highest BCUT2D eigenvalue weighted by molar-refractivity contribution is 7.92. The summed E-state index contributed by atoms with van der Waals surface area (Å²) >= 11 is 0. The highest BCUT2D eigenvalue weighted by Gasteiger charge is 2.29. The van der Waals surface area contributed by atoms with Gasteiger partial charge in [0.2, 0.25) is 21.8 Å². The minimum atomic E-state index is -3.60. The van der Waals surface area contributed by atoms with Crippen LogP contribution in [-0.2, 0) is 26.2 Å². The molecule has 0 saturated heterocycles. The molecule has 2 amide bonds. The molecule has 0 heterocycles. The molecule has 0 fully saturated rings. The molecule has 1 atom stereocenters. The minimum absolute atomic E-state index is 0.0845. The highest BCUT2D eigenvalue weighted by Crippen LogP contribution is 2.29. The molecule has 0 aromatic heterocycles. The second-order valence-corrected chi connectivity index (χ2v) is 11.4. The number of hydrogen-bond donors (Lipinski definition) is 1. The molecule has 0 aliphatic rings. The van der Waals surface area contributed by atoms with Crippen LogP contribution in [0.5, 0.6) is 5.75 Å². The molecule has 0 aliphatic carbocycles. The molecule has 192 valence electrons. The smallest absolute Gasteiger partial charge is 0.242 e. The van der Waals surface area contributed by atoms with E-state index < -0.39 is 21.6 Å². The van der Waals surface area contributed by atoms with Crippen molar-refractivity contribution in [2.45, 2.75) is 58.7 Å². The Labute approximate surface area is 209 Å². The van der Waals surface area contributed by atoms with Gasteiger partial charge in [-0.05, 0) is 51.8 Å². The van der Waals surface area contributed by atoms with Gasteiger partial charge in [-0.3, -0.25) is 13.9 Å². The zero-order valence-corrected chi connectivity index (χ0v) is 22.3. The third-order valence-corrected chi connectivity index (χ3v) is 6.55. The van der Waals surface area contributed by atoms with Gasteiger partial charge in [0.15, 0.2) is 0 Å². The number of carbonyl (C=O) groups excluding carboxylic acids is 2. The van der Waals surface area contributed by atoms with Gasteiger partial charge in [-0.1, -0.05) is 42.5 Å². The Bertz CT molecular complexity index is 1100. The van der Waals surface area contributed by atoms with Crippen LogP contribution in [0.2, 0.25) is 0 Å². The Morgan fingerprint density at radius 2 is 1.63 bits per heavy atom. The average molecular weight is 504 g/mol. The second-order valence-electron chi connectivity index (χ2n) is 9.53. The fourth-order valence-electron chi connectivity index (χ4n) is 3.66. The van der Waals surface area contributed by atoms with Crippen LogP contribution in [0.3, 0.4) is 0 Å². The maximum absolute atomic E-state index is 13.3.